The molecule has 6 aromatic heterocycles. The molecule has 11 aromatic rings. The summed E-state index contributed by atoms with van der Waals surface area (Å²) in [4.78, 5) is 53.2. The van der Waals surface area contributed by atoms with E-state index in [0.717, 1.165) is 101 Å². The molecule has 0 atom stereocenters. The van der Waals surface area contributed by atoms with Gasteiger partial charge in [-0.2, -0.15) is 0 Å². The quantitative estimate of drug-likeness (QED) is 0.0737. The van der Waals surface area contributed by atoms with Crippen molar-refractivity contribution in [1.29, 1.82) is 0 Å². The fourth-order valence-electron chi connectivity index (χ4n) is 9.02. The van der Waals surface area contributed by atoms with Crippen molar-refractivity contribution in [3.8, 4) is 31.7 Å². The molecule has 0 radical (unpaired) electrons. The third-order valence-electron chi connectivity index (χ3n) is 13.0. The van der Waals surface area contributed by atoms with Crippen LogP contribution in [0.1, 0.15) is 50.9 Å². The number of hydrogen-bond acceptors (Lipinski definition) is 16. The van der Waals surface area contributed by atoms with Gasteiger partial charge >= 0.3 is 16.9 Å². The smallest absolute Gasteiger partial charge is 0.346 e. The van der Waals surface area contributed by atoms with Crippen molar-refractivity contribution in [3.63, 3.8) is 0 Å². The van der Waals surface area contributed by atoms with Crippen molar-refractivity contribution < 1.29 is 13.3 Å². The summed E-state index contributed by atoms with van der Waals surface area (Å²) in [6.45, 7) is 16.2. The summed E-state index contributed by atoms with van der Waals surface area (Å²) in [6.07, 6.45) is 2.87. The number of hydrogen-bond donors (Lipinski definition) is 3. The molecular weight excluding hydrogens is 1080 g/mol. The minimum atomic E-state index is -0.380. The monoisotopic (exact) mass is 1140 g/mol. The van der Waals surface area contributed by atoms with Crippen LogP contribution in [0.25, 0.3) is 85.1 Å². The number of anilines is 1. The number of piperazine rings is 1. The number of aryl methyl sites for hydroxylation is 2. The van der Waals surface area contributed by atoms with E-state index in [1.54, 1.807) is 12.1 Å². The molecule has 0 aliphatic carbocycles. The maximum absolute atomic E-state index is 12.6. The van der Waals surface area contributed by atoms with Crippen LogP contribution in [0.2, 0.25) is 10.0 Å². The molecule has 1 saturated heterocycles. The predicted molar refractivity (Wildman–Crippen MR) is 324 cm³/mol. The highest BCUT2D eigenvalue weighted by atomic mass is 35.5. The molecule has 400 valence electrons. The maximum atomic E-state index is 12.6. The van der Waals surface area contributed by atoms with Gasteiger partial charge in [0.15, 0.2) is 0 Å². The lowest BCUT2D eigenvalue weighted by Crippen LogP contribution is -2.43. The van der Waals surface area contributed by atoms with Crippen molar-refractivity contribution in [2.24, 2.45) is 0 Å². The molecule has 0 unspecified atom stereocenters. The molecule has 0 amide bonds. The van der Waals surface area contributed by atoms with E-state index >= 15 is 0 Å². The number of benzene rings is 5. The highest BCUT2D eigenvalue weighted by Gasteiger charge is 2.18. The SMILES string of the molecule is CC(C)NCCCc1ccc2cc(-c3nc4c(Cl)cccc4s3)c(=O)oc2c1.CC(C)NCCc1ccc2cc(-c3nc4c(Cl)cccc4s3)c(=O)oc2c1.Cc1csc(-c2cc3ccc(N4CCNCC4)cc3oc2=O)n1. The van der Waals surface area contributed by atoms with Crippen molar-refractivity contribution in [2.75, 3.05) is 44.2 Å². The Bertz CT molecular complexity index is 4120. The van der Waals surface area contributed by atoms with Gasteiger partial charge in [0.25, 0.3) is 0 Å². The van der Waals surface area contributed by atoms with Crippen LogP contribution in [0.3, 0.4) is 0 Å². The zero-order valence-electron chi connectivity index (χ0n) is 43.7. The van der Waals surface area contributed by atoms with E-state index in [-0.39, 0.29) is 16.9 Å². The Morgan fingerprint density at radius 1 is 0.590 bits per heavy atom. The summed E-state index contributed by atoms with van der Waals surface area (Å²) < 4.78 is 18.7. The number of rotatable bonds is 13. The summed E-state index contributed by atoms with van der Waals surface area (Å²) in [7, 11) is 0. The Morgan fingerprint density at radius 2 is 1.08 bits per heavy atom. The number of halogens is 2. The number of nitrogens with one attached hydrogen (secondary N) is 3. The average molecular weight is 1140 g/mol. The van der Waals surface area contributed by atoms with Gasteiger partial charge in [-0.15, -0.1) is 34.0 Å². The second-order valence-electron chi connectivity index (χ2n) is 19.6. The first-order valence-electron chi connectivity index (χ1n) is 25.9. The molecule has 1 aliphatic rings. The van der Waals surface area contributed by atoms with Crippen LogP contribution in [0.4, 0.5) is 5.69 Å². The summed E-state index contributed by atoms with van der Waals surface area (Å²) >= 11 is 16.8. The minimum Gasteiger partial charge on any atom is -0.422 e. The Morgan fingerprint density at radius 3 is 1.58 bits per heavy atom. The summed E-state index contributed by atoms with van der Waals surface area (Å²) in [5.41, 5.74) is 7.98. The van der Waals surface area contributed by atoms with Gasteiger partial charge in [0.05, 0.1) is 36.1 Å². The standard InChI is InChI=1S/C22H21ClN2O2S.C21H19ClN2O2S.C17H17N3O2S/c1-13(2)24-10-4-5-14-8-9-15-12-16(22(26)27-18(15)11-14)21-25-20-17(23)6-3-7-19(20)28-21;1-12(2)23-9-8-13-6-7-14-11-15(21(25)26-17(14)10-13)20-24-19-16(22)4-3-5-18(19)27-20;1-11-10-23-16(19-11)14-8-12-2-3-13(9-15(12)22-17(14)21)20-6-4-18-5-7-20/h3,6-9,11-13,24H,4-5,10H2,1-2H3;3-7,10-12,23H,8-9H2,1-2H3;2-3,8-10,18H,4-7H2,1H3. The molecule has 1 fully saturated rings. The third-order valence-corrected chi connectivity index (χ3v) is 16.7. The minimum absolute atomic E-state index is 0.329. The Balaban J connectivity index is 0.000000133. The first kappa shape index (κ1) is 54.7. The van der Waals surface area contributed by atoms with Gasteiger partial charge in [0, 0.05) is 77.2 Å². The molecule has 18 heteroatoms. The molecule has 5 aromatic carbocycles. The highest BCUT2D eigenvalue weighted by Crippen LogP contribution is 2.35. The van der Waals surface area contributed by atoms with Gasteiger partial charge < -0.3 is 34.1 Å². The molecule has 78 heavy (non-hydrogen) atoms. The second-order valence-corrected chi connectivity index (χ2v) is 23.4. The summed E-state index contributed by atoms with van der Waals surface area (Å²) in [5, 5.41) is 17.9. The van der Waals surface area contributed by atoms with Gasteiger partial charge in [-0.3, -0.25) is 0 Å². The number of fused-ring (bicyclic) bond motifs is 5. The number of para-hydroxylation sites is 2. The topological polar surface area (TPSA) is 169 Å². The Hall–Kier alpha value is -6.60. The Labute approximate surface area is 471 Å². The molecule has 7 heterocycles. The lowest BCUT2D eigenvalue weighted by atomic mass is 10.1. The van der Waals surface area contributed by atoms with Crippen LogP contribution >= 0.6 is 57.2 Å². The van der Waals surface area contributed by atoms with E-state index in [4.69, 9.17) is 36.5 Å². The molecule has 0 bridgehead atoms. The van der Waals surface area contributed by atoms with Crippen molar-refractivity contribution >= 4 is 116 Å². The van der Waals surface area contributed by atoms with E-state index in [1.807, 2.05) is 91.2 Å². The van der Waals surface area contributed by atoms with E-state index in [0.29, 0.717) is 81.6 Å². The zero-order valence-corrected chi connectivity index (χ0v) is 47.7. The number of thiazole rings is 3. The van der Waals surface area contributed by atoms with Crippen LogP contribution in [0.5, 0.6) is 0 Å². The van der Waals surface area contributed by atoms with E-state index in [9.17, 15) is 14.4 Å². The zero-order chi connectivity index (χ0) is 54.5. The molecule has 12 rings (SSSR count). The van der Waals surface area contributed by atoms with Crippen LogP contribution < -0.4 is 37.7 Å². The van der Waals surface area contributed by atoms with Crippen LogP contribution in [0.15, 0.2) is 142 Å². The molecule has 13 nitrogen and oxygen atoms in total. The third kappa shape index (κ3) is 12.9. The van der Waals surface area contributed by atoms with Crippen molar-refractivity contribution in [3.05, 3.63) is 173 Å². The van der Waals surface area contributed by atoms with E-state index in [1.165, 1.54) is 39.6 Å². The van der Waals surface area contributed by atoms with Crippen LogP contribution in [0, 0.1) is 6.92 Å². The van der Waals surface area contributed by atoms with E-state index < -0.39 is 0 Å². The molecule has 1 aliphatic heterocycles. The number of aromatic nitrogens is 3. The van der Waals surface area contributed by atoms with Crippen LogP contribution in [-0.2, 0) is 12.8 Å². The summed E-state index contributed by atoms with van der Waals surface area (Å²) in [6, 6.07) is 35.9. The molecule has 0 saturated carbocycles. The fraction of sp³-hybridized carbons (Fsp3) is 0.267. The van der Waals surface area contributed by atoms with Gasteiger partial charge in [-0.05, 0) is 117 Å². The summed E-state index contributed by atoms with van der Waals surface area (Å²) in [5.74, 6) is 0. The largest absolute Gasteiger partial charge is 0.422 e. The van der Waals surface area contributed by atoms with E-state index in [2.05, 4.69) is 81.7 Å². The molecule has 0 spiro atoms. The molecule has 3 N–H and O–H groups in total. The Kier molecular flexibility index (Phi) is 17.3. The van der Waals surface area contributed by atoms with Crippen LogP contribution in [-0.4, -0.2) is 66.3 Å². The fourth-order valence-corrected chi connectivity index (χ4v) is 12.4. The normalized spacial score (nSPS) is 12.8. The van der Waals surface area contributed by atoms with Crippen molar-refractivity contribution in [1.82, 2.24) is 30.9 Å². The van der Waals surface area contributed by atoms with Crippen molar-refractivity contribution in [2.45, 2.75) is 66.0 Å². The lowest BCUT2D eigenvalue weighted by molar-refractivity contribution is 0.560. The van der Waals surface area contributed by atoms with Gasteiger partial charge in [0.2, 0.25) is 0 Å². The lowest BCUT2D eigenvalue weighted by Gasteiger charge is -2.29. The van der Waals surface area contributed by atoms with Gasteiger partial charge in [-0.1, -0.05) is 87.3 Å². The predicted octanol–water partition coefficient (Wildman–Crippen LogP) is 13.6. The average Bonchev–Trinajstić information content (AvgIpc) is 4.27. The molecular formula is C60H57Cl2N7O6S3. The van der Waals surface area contributed by atoms with Gasteiger partial charge in [-0.25, -0.2) is 29.3 Å². The highest BCUT2D eigenvalue weighted by molar-refractivity contribution is 7.22. The first-order chi connectivity index (χ1) is 37.7. The maximum Gasteiger partial charge on any atom is 0.346 e. The first-order valence-corrected chi connectivity index (χ1v) is 29.2. The second kappa shape index (κ2) is 24.6. The number of nitrogens with zero attached hydrogens (tertiary/aromatic N) is 4. The van der Waals surface area contributed by atoms with Gasteiger partial charge in [0.1, 0.15) is 42.8 Å².